The number of hydrogen-bond donors (Lipinski definition) is 1. The molecule has 1 aliphatic heterocycles. The van der Waals surface area contributed by atoms with E-state index in [2.05, 4.69) is 15.1 Å². The first kappa shape index (κ1) is 23.8. The molecule has 1 saturated carbocycles. The van der Waals surface area contributed by atoms with E-state index in [4.69, 9.17) is 16.3 Å². The summed E-state index contributed by atoms with van der Waals surface area (Å²) >= 11 is 5.62. The highest BCUT2D eigenvalue weighted by Gasteiger charge is 2.41. The third-order valence-corrected chi connectivity index (χ3v) is 6.17. The first-order chi connectivity index (χ1) is 15.7. The van der Waals surface area contributed by atoms with Gasteiger partial charge in [0.05, 0.1) is 23.1 Å². The second-order valence-corrected chi connectivity index (χ2v) is 8.62. The van der Waals surface area contributed by atoms with E-state index in [9.17, 15) is 22.4 Å². The molecule has 33 heavy (non-hydrogen) atoms. The van der Waals surface area contributed by atoms with Crippen LogP contribution in [0, 0.1) is 5.82 Å². The molecular formula is C21H23ClF4N4O3. The van der Waals surface area contributed by atoms with Gasteiger partial charge in [0.2, 0.25) is 0 Å². The summed E-state index contributed by atoms with van der Waals surface area (Å²) in [7, 11) is 0. The molecule has 180 valence electrons. The lowest BCUT2D eigenvalue weighted by Gasteiger charge is -2.34. The van der Waals surface area contributed by atoms with Gasteiger partial charge in [-0.2, -0.15) is 0 Å². The smallest absolute Gasteiger partial charge is 0.484 e. The summed E-state index contributed by atoms with van der Waals surface area (Å²) in [5.74, 6) is -0.781. The van der Waals surface area contributed by atoms with Crippen LogP contribution in [0.2, 0.25) is 5.02 Å². The van der Waals surface area contributed by atoms with Gasteiger partial charge >= 0.3 is 6.36 Å². The fraction of sp³-hybridized carbons (Fsp3) is 0.524. The van der Waals surface area contributed by atoms with Gasteiger partial charge in [0.1, 0.15) is 11.6 Å². The Balaban J connectivity index is 1.18. The molecule has 0 atom stereocenters. The van der Waals surface area contributed by atoms with Crippen molar-refractivity contribution < 1.29 is 31.8 Å². The lowest BCUT2D eigenvalue weighted by atomic mass is 9.80. The zero-order valence-electron chi connectivity index (χ0n) is 17.5. The van der Waals surface area contributed by atoms with E-state index in [-0.39, 0.29) is 35.2 Å². The number of nitrogens with zero attached hydrogens (tertiary/aromatic N) is 3. The number of amides is 1. The number of piperidine rings is 1. The Morgan fingerprint density at radius 2 is 1.97 bits per heavy atom. The fourth-order valence-corrected chi connectivity index (χ4v) is 4.17. The maximum atomic E-state index is 13.4. The summed E-state index contributed by atoms with van der Waals surface area (Å²) in [5.41, 5.74) is 3.55. The van der Waals surface area contributed by atoms with Gasteiger partial charge in [-0.15, -0.1) is 13.2 Å². The number of ether oxygens (including phenoxy) is 2. The molecule has 2 aromatic rings. The molecule has 0 unspecified atom stereocenters. The van der Waals surface area contributed by atoms with E-state index in [1.807, 2.05) is 10.8 Å². The van der Waals surface area contributed by atoms with Crippen molar-refractivity contribution in [1.82, 2.24) is 20.0 Å². The van der Waals surface area contributed by atoms with Gasteiger partial charge in [0, 0.05) is 37.3 Å². The molecule has 2 fully saturated rings. The number of rotatable bonds is 7. The molecule has 7 nitrogen and oxygen atoms in total. The minimum atomic E-state index is -4.60. The number of carbonyl (C=O) groups excluding carboxylic acids is 1. The van der Waals surface area contributed by atoms with Crippen molar-refractivity contribution in [3.8, 4) is 5.75 Å². The number of benzene rings is 1. The van der Waals surface area contributed by atoms with Crippen LogP contribution in [0.25, 0.3) is 0 Å². The molecule has 1 saturated heterocycles. The van der Waals surface area contributed by atoms with Crippen LogP contribution in [0.3, 0.4) is 0 Å². The Morgan fingerprint density at radius 1 is 1.24 bits per heavy atom. The predicted octanol–water partition coefficient (Wildman–Crippen LogP) is 4.21. The van der Waals surface area contributed by atoms with E-state index in [0.29, 0.717) is 25.9 Å². The van der Waals surface area contributed by atoms with Gasteiger partial charge in [-0.25, -0.2) is 14.4 Å². The molecule has 1 aliphatic carbocycles. The Labute approximate surface area is 192 Å². The van der Waals surface area contributed by atoms with E-state index in [1.165, 1.54) is 12.1 Å². The molecule has 2 aliphatic rings. The zero-order valence-corrected chi connectivity index (χ0v) is 18.3. The van der Waals surface area contributed by atoms with Crippen LogP contribution in [0.15, 0.2) is 30.7 Å². The molecule has 0 bridgehead atoms. The number of hydrogen-bond acceptors (Lipinski definition) is 5. The SMILES string of the molecule is O=C(COc1ccc(Cl)c(F)c1)NN1CCC(n2cnc(C3CC(OC(F)(F)F)C3)c2)CC1. The number of carbonyl (C=O) groups is 1. The predicted molar refractivity (Wildman–Crippen MR) is 110 cm³/mol. The third-order valence-electron chi connectivity index (χ3n) is 5.86. The van der Waals surface area contributed by atoms with Crippen LogP contribution in [0.1, 0.15) is 43.3 Å². The lowest BCUT2D eigenvalue weighted by Crippen LogP contribution is -2.48. The molecular weight excluding hydrogens is 468 g/mol. The summed E-state index contributed by atoms with van der Waals surface area (Å²) < 4.78 is 61.5. The summed E-state index contributed by atoms with van der Waals surface area (Å²) in [6.07, 6.45) is 0.371. The number of alkyl halides is 3. The largest absolute Gasteiger partial charge is 0.522 e. The van der Waals surface area contributed by atoms with Crippen LogP contribution < -0.4 is 10.2 Å². The van der Waals surface area contributed by atoms with Crippen molar-refractivity contribution in [3.05, 3.63) is 47.3 Å². The van der Waals surface area contributed by atoms with Gasteiger partial charge < -0.3 is 9.30 Å². The first-order valence-electron chi connectivity index (χ1n) is 10.6. The molecule has 1 aromatic heterocycles. The molecule has 12 heteroatoms. The van der Waals surface area contributed by atoms with Crippen molar-refractivity contribution in [1.29, 1.82) is 0 Å². The second-order valence-electron chi connectivity index (χ2n) is 8.22. The Bertz CT molecular complexity index is 973. The minimum Gasteiger partial charge on any atom is -0.484 e. The van der Waals surface area contributed by atoms with E-state index < -0.39 is 18.3 Å². The van der Waals surface area contributed by atoms with Crippen LogP contribution in [-0.2, 0) is 9.53 Å². The van der Waals surface area contributed by atoms with E-state index >= 15 is 0 Å². The van der Waals surface area contributed by atoms with Crippen LogP contribution in [-0.4, -0.2) is 52.6 Å². The standard InChI is InChI=1S/C21H23ClF4N4O3/c22-17-2-1-15(9-18(17)23)32-11-20(31)28-30-5-3-14(4-6-30)29-10-19(27-12-29)13-7-16(8-13)33-21(24,25)26/h1-2,9-10,12-14,16H,3-8,11H2,(H,28,31). The summed E-state index contributed by atoms with van der Waals surface area (Å²) in [6.45, 7) is 0.973. The molecule has 1 aromatic carbocycles. The Morgan fingerprint density at radius 3 is 2.64 bits per heavy atom. The van der Waals surface area contributed by atoms with Crippen molar-refractivity contribution in [2.24, 2.45) is 0 Å². The van der Waals surface area contributed by atoms with Gasteiger partial charge in [0.25, 0.3) is 5.91 Å². The van der Waals surface area contributed by atoms with Crippen molar-refractivity contribution in [2.45, 2.75) is 50.1 Å². The number of halogens is 5. The number of imidazole rings is 1. The number of hydrazine groups is 1. The Kier molecular flexibility index (Phi) is 7.10. The maximum Gasteiger partial charge on any atom is 0.522 e. The highest BCUT2D eigenvalue weighted by molar-refractivity contribution is 6.30. The van der Waals surface area contributed by atoms with Crippen molar-refractivity contribution in [2.75, 3.05) is 19.7 Å². The van der Waals surface area contributed by atoms with Crippen molar-refractivity contribution in [3.63, 3.8) is 0 Å². The quantitative estimate of drug-likeness (QED) is 0.589. The Hall–Kier alpha value is -2.37. The van der Waals surface area contributed by atoms with Gasteiger partial charge in [-0.05, 0) is 37.8 Å². The monoisotopic (exact) mass is 490 g/mol. The van der Waals surface area contributed by atoms with Gasteiger partial charge in [0.15, 0.2) is 6.61 Å². The molecule has 0 radical (unpaired) electrons. The van der Waals surface area contributed by atoms with Crippen molar-refractivity contribution >= 4 is 17.5 Å². The van der Waals surface area contributed by atoms with Gasteiger partial charge in [-0.3, -0.25) is 15.0 Å². The third kappa shape index (κ3) is 6.36. The van der Waals surface area contributed by atoms with Crippen LogP contribution in [0.5, 0.6) is 5.75 Å². The zero-order chi connectivity index (χ0) is 23.6. The normalized spacial score (nSPS) is 22.1. The van der Waals surface area contributed by atoms with Gasteiger partial charge in [-0.1, -0.05) is 11.6 Å². The molecule has 1 N–H and O–H groups in total. The number of nitrogens with one attached hydrogen (secondary N) is 1. The summed E-state index contributed by atoms with van der Waals surface area (Å²) in [5, 5.41) is 1.78. The topological polar surface area (TPSA) is 68.6 Å². The highest BCUT2D eigenvalue weighted by Crippen LogP contribution is 2.41. The molecule has 4 rings (SSSR count). The first-order valence-corrected chi connectivity index (χ1v) is 10.9. The average molecular weight is 491 g/mol. The summed E-state index contributed by atoms with van der Waals surface area (Å²) in [4.78, 5) is 16.5. The molecule has 0 spiro atoms. The minimum absolute atomic E-state index is 0.0212. The van der Waals surface area contributed by atoms with E-state index in [0.717, 1.165) is 24.6 Å². The van der Waals surface area contributed by atoms with Crippen LogP contribution in [0.4, 0.5) is 17.6 Å². The second kappa shape index (κ2) is 9.86. The summed E-state index contributed by atoms with van der Waals surface area (Å²) in [6, 6.07) is 4.15. The number of aromatic nitrogens is 2. The highest BCUT2D eigenvalue weighted by atomic mass is 35.5. The molecule has 1 amide bonds. The maximum absolute atomic E-state index is 13.4. The fourth-order valence-electron chi connectivity index (χ4n) is 4.06. The lowest BCUT2D eigenvalue weighted by molar-refractivity contribution is -0.351. The van der Waals surface area contributed by atoms with Crippen LogP contribution >= 0.6 is 11.6 Å². The molecule has 2 heterocycles. The average Bonchev–Trinajstić information content (AvgIpc) is 3.21. The van der Waals surface area contributed by atoms with E-state index in [1.54, 1.807) is 11.3 Å².